The molecule has 0 heterocycles. The number of carbonyl (C=O) groups excluding carboxylic acids is 1. The fraction of sp³-hybridized carbons (Fsp3) is 0.350. The van der Waals surface area contributed by atoms with Crippen molar-refractivity contribution in [3.8, 4) is 5.75 Å². The van der Waals surface area contributed by atoms with Crippen LogP contribution in [0.4, 0.5) is 0 Å². The SMILES string of the molecule is COC(=O)Cc1ccc(CCCCc2ccc(OC)cc2)cc1. The molecule has 0 aliphatic carbocycles. The third-order valence-corrected chi connectivity index (χ3v) is 3.94. The summed E-state index contributed by atoms with van der Waals surface area (Å²) in [7, 11) is 3.10. The van der Waals surface area contributed by atoms with Gasteiger partial charge in [0.1, 0.15) is 5.75 Å². The van der Waals surface area contributed by atoms with Crippen LogP contribution >= 0.6 is 0 Å². The Morgan fingerprint density at radius 2 is 1.26 bits per heavy atom. The normalized spacial score (nSPS) is 10.3. The Bertz CT molecular complexity index is 600. The summed E-state index contributed by atoms with van der Waals surface area (Å²) >= 11 is 0. The molecule has 23 heavy (non-hydrogen) atoms. The van der Waals surface area contributed by atoms with Crippen LogP contribution in [0, 0.1) is 0 Å². The first-order valence-corrected chi connectivity index (χ1v) is 7.99. The van der Waals surface area contributed by atoms with Crippen LogP contribution < -0.4 is 4.74 Å². The number of ether oxygens (including phenoxy) is 2. The summed E-state index contributed by atoms with van der Waals surface area (Å²) in [5.41, 5.74) is 3.66. The molecule has 0 aliphatic heterocycles. The molecule has 0 bridgehead atoms. The van der Waals surface area contributed by atoms with Crippen LogP contribution in [0.2, 0.25) is 0 Å². The van der Waals surface area contributed by atoms with Gasteiger partial charge in [-0.3, -0.25) is 4.79 Å². The fourth-order valence-corrected chi connectivity index (χ4v) is 2.51. The first kappa shape index (κ1) is 17.1. The highest BCUT2D eigenvalue weighted by atomic mass is 16.5. The average molecular weight is 312 g/mol. The van der Waals surface area contributed by atoms with Gasteiger partial charge in [0, 0.05) is 0 Å². The summed E-state index contributed by atoms with van der Waals surface area (Å²) in [5, 5.41) is 0. The Morgan fingerprint density at radius 1 is 0.783 bits per heavy atom. The van der Waals surface area contributed by atoms with Crippen molar-refractivity contribution in [2.24, 2.45) is 0 Å². The van der Waals surface area contributed by atoms with E-state index in [4.69, 9.17) is 4.74 Å². The van der Waals surface area contributed by atoms with Crippen molar-refractivity contribution in [1.82, 2.24) is 0 Å². The molecule has 0 spiro atoms. The van der Waals surface area contributed by atoms with Gasteiger partial charge in [-0.2, -0.15) is 0 Å². The lowest BCUT2D eigenvalue weighted by atomic mass is 10.0. The summed E-state index contributed by atoms with van der Waals surface area (Å²) < 4.78 is 9.84. The number of aryl methyl sites for hydroxylation is 2. The summed E-state index contributed by atoms with van der Waals surface area (Å²) in [6.45, 7) is 0. The number of hydrogen-bond acceptors (Lipinski definition) is 3. The van der Waals surface area contributed by atoms with Gasteiger partial charge < -0.3 is 9.47 Å². The molecule has 0 saturated carbocycles. The topological polar surface area (TPSA) is 35.5 Å². The van der Waals surface area contributed by atoms with Crippen molar-refractivity contribution >= 4 is 5.97 Å². The standard InChI is InChI=1S/C20H24O3/c1-22-19-13-11-17(12-14-19)6-4-3-5-16-7-9-18(10-8-16)15-20(21)23-2/h7-14H,3-6,15H2,1-2H3. The van der Waals surface area contributed by atoms with Gasteiger partial charge in [-0.15, -0.1) is 0 Å². The smallest absolute Gasteiger partial charge is 0.309 e. The van der Waals surface area contributed by atoms with Gasteiger partial charge in [-0.05, 0) is 54.5 Å². The molecule has 122 valence electrons. The number of benzene rings is 2. The average Bonchev–Trinajstić information content (AvgIpc) is 2.60. The van der Waals surface area contributed by atoms with E-state index in [-0.39, 0.29) is 5.97 Å². The number of carbonyl (C=O) groups is 1. The summed E-state index contributed by atoms with van der Waals surface area (Å²) in [5.74, 6) is 0.707. The number of hydrogen-bond donors (Lipinski definition) is 0. The van der Waals surface area contributed by atoms with E-state index in [0.29, 0.717) is 6.42 Å². The van der Waals surface area contributed by atoms with Crippen LogP contribution in [0.5, 0.6) is 5.75 Å². The van der Waals surface area contributed by atoms with E-state index in [1.807, 2.05) is 24.3 Å². The third kappa shape index (κ3) is 5.78. The van der Waals surface area contributed by atoms with Crippen molar-refractivity contribution in [3.05, 3.63) is 65.2 Å². The van der Waals surface area contributed by atoms with Crippen LogP contribution in [0.15, 0.2) is 48.5 Å². The Hall–Kier alpha value is -2.29. The number of unbranched alkanes of at least 4 members (excludes halogenated alkanes) is 1. The quantitative estimate of drug-likeness (QED) is 0.546. The van der Waals surface area contributed by atoms with Gasteiger partial charge >= 0.3 is 5.97 Å². The second kappa shape index (κ2) is 8.99. The van der Waals surface area contributed by atoms with Crippen molar-refractivity contribution in [2.75, 3.05) is 14.2 Å². The molecule has 0 unspecified atom stereocenters. The van der Waals surface area contributed by atoms with Crippen molar-refractivity contribution in [3.63, 3.8) is 0 Å². The third-order valence-electron chi connectivity index (χ3n) is 3.94. The molecule has 0 fully saturated rings. The lowest BCUT2D eigenvalue weighted by Gasteiger charge is -2.05. The predicted molar refractivity (Wildman–Crippen MR) is 91.8 cm³/mol. The molecular weight excluding hydrogens is 288 g/mol. The second-order valence-electron chi connectivity index (χ2n) is 5.62. The highest BCUT2D eigenvalue weighted by Crippen LogP contribution is 2.14. The van der Waals surface area contributed by atoms with Crippen molar-refractivity contribution < 1.29 is 14.3 Å². The minimum Gasteiger partial charge on any atom is -0.497 e. The van der Waals surface area contributed by atoms with E-state index in [9.17, 15) is 4.79 Å². The van der Waals surface area contributed by atoms with Gasteiger partial charge in [0.05, 0.1) is 20.6 Å². The molecule has 3 heteroatoms. The van der Waals surface area contributed by atoms with Crippen LogP contribution in [-0.4, -0.2) is 20.2 Å². The lowest BCUT2D eigenvalue weighted by Crippen LogP contribution is -2.04. The van der Waals surface area contributed by atoms with Gasteiger partial charge in [-0.25, -0.2) is 0 Å². The second-order valence-corrected chi connectivity index (χ2v) is 5.62. The maximum atomic E-state index is 11.2. The molecule has 0 aromatic heterocycles. The zero-order valence-corrected chi connectivity index (χ0v) is 13.9. The van der Waals surface area contributed by atoms with Crippen LogP contribution in [0.1, 0.15) is 29.5 Å². The molecule has 2 aromatic carbocycles. The van der Waals surface area contributed by atoms with Crippen molar-refractivity contribution in [1.29, 1.82) is 0 Å². The first-order valence-electron chi connectivity index (χ1n) is 7.99. The monoisotopic (exact) mass is 312 g/mol. The van der Waals surface area contributed by atoms with Crippen LogP contribution in [0.3, 0.4) is 0 Å². The lowest BCUT2D eigenvalue weighted by molar-refractivity contribution is -0.139. The number of esters is 1. The van der Waals surface area contributed by atoms with E-state index in [0.717, 1.165) is 37.0 Å². The maximum Gasteiger partial charge on any atom is 0.309 e. The first-order chi connectivity index (χ1) is 11.2. The highest BCUT2D eigenvalue weighted by Gasteiger charge is 2.02. The van der Waals surface area contributed by atoms with E-state index in [1.54, 1.807) is 7.11 Å². The summed E-state index contributed by atoms with van der Waals surface area (Å²) in [6, 6.07) is 16.5. The van der Waals surface area contributed by atoms with Gasteiger partial charge in [0.2, 0.25) is 0 Å². The molecule has 0 aliphatic rings. The van der Waals surface area contributed by atoms with E-state index in [2.05, 4.69) is 29.0 Å². The van der Waals surface area contributed by atoms with E-state index >= 15 is 0 Å². The molecule has 2 rings (SSSR count). The molecular formula is C20H24O3. The Morgan fingerprint density at radius 3 is 1.74 bits per heavy atom. The predicted octanol–water partition coefficient (Wildman–Crippen LogP) is 3.98. The Kier molecular flexibility index (Phi) is 6.67. The summed E-state index contributed by atoms with van der Waals surface area (Å²) in [4.78, 5) is 11.2. The minimum atomic E-state index is -0.197. The molecule has 0 amide bonds. The highest BCUT2D eigenvalue weighted by molar-refractivity contribution is 5.72. The summed E-state index contributed by atoms with van der Waals surface area (Å²) in [6.07, 6.45) is 4.81. The largest absolute Gasteiger partial charge is 0.497 e. The van der Waals surface area contributed by atoms with Gasteiger partial charge in [0.25, 0.3) is 0 Å². The van der Waals surface area contributed by atoms with E-state index in [1.165, 1.54) is 18.2 Å². The molecule has 0 saturated heterocycles. The van der Waals surface area contributed by atoms with Gasteiger partial charge in [-0.1, -0.05) is 36.4 Å². The molecule has 3 nitrogen and oxygen atoms in total. The van der Waals surface area contributed by atoms with Crippen molar-refractivity contribution in [2.45, 2.75) is 32.1 Å². The maximum absolute atomic E-state index is 11.2. The minimum absolute atomic E-state index is 0.197. The van der Waals surface area contributed by atoms with E-state index < -0.39 is 0 Å². The Balaban J connectivity index is 1.72. The number of methoxy groups -OCH3 is 2. The van der Waals surface area contributed by atoms with Crippen LogP contribution in [-0.2, 0) is 28.8 Å². The molecule has 2 aromatic rings. The fourth-order valence-electron chi connectivity index (χ4n) is 2.51. The zero-order chi connectivity index (χ0) is 16.5. The molecule has 0 N–H and O–H groups in total. The zero-order valence-electron chi connectivity index (χ0n) is 13.9. The van der Waals surface area contributed by atoms with Gasteiger partial charge in [0.15, 0.2) is 0 Å². The number of rotatable bonds is 8. The van der Waals surface area contributed by atoms with Crippen LogP contribution in [0.25, 0.3) is 0 Å². The Labute approximate surface area is 138 Å². The molecule has 0 radical (unpaired) electrons. The molecule has 0 atom stereocenters.